The van der Waals surface area contributed by atoms with Crippen molar-refractivity contribution in [2.75, 3.05) is 13.2 Å². The molecule has 2 aromatic rings. The minimum absolute atomic E-state index is 0.0329. The van der Waals surface area contributed by atoms with Gasteiger partial charge in [0.2, 0.25) is 0 Å². The van der Waals surface area contributed by atoms with E-state index in [2.05, 4.69) is 24.3 Å². The van der Waals surface area contributed by atoms with E-state index in [9.17, 15) is 0 Å². The molecule has 2 N–H and O–H groups in total. The first-order valence-electron chi connectivity index (χ1n) is 7.27. The fourth-order valence-corrected chi connectivity index (χ4v) is 2.71. The number of benzene rings is 2. The molecule has 1 saturated heterocycles. The Hall–Kier alpha value is -1.58. The summed E-state index contributed by atoms with van der Waals surface area (Å²) in [5, 5.41) is 2.34. The molecule has 0 amide bonds. The van der Waals surface area contributed by atoms with Crippen molar-refractivity contribution in [2.24, 2.45) is 5.73 Å². The maximum Gasteiger partial charge on any atom is 0.132 e. The number of rotatable bonds is 3. The molecule has 0 unspecified atom stereocenters. The van der Waals surface area contributed by atoms with Crippen molar-refractivity contribution >= 4 is 10.8 Å². The molecule has 0 aromatic heterocycles. The molecule has 1 aliphatic rings. The van der Waals surface area contributed by atoms with Gasteiger partial charge in [0.05, 0.1) is 13.2 Å². The SMILES string of the molecule is C[C@H](N)c1ccc2ccccc2c1OC1CCOCC1. The summed E-state index contributed by atoms with van der Waals surface area (Å²) in [6.45, 7) is 3.56. The van der Waals surface area contributed by atoms with E-state index in [0.717, 1.165) is 42.8 Å². The predicted octanol–water partition coefficient (Wildman–Crippen LogP) is 3.42. The predicted molar refractivity (Wildman–Crippen MR) is 81.0 cm³/mol. The van der Waals surface area contributed by atoms with E-state index in [1.807, 2.05) is 19.1 Å². The monoisotopic (exact) mass is 271 g/mol. The van der Waals surface area contributed by atoms with Gasteiger partial charge >= 0.3 is 0 Å². The van der Waals surface area contributed by atoms with Crippen molar-refractivity contribution in [3.8, 4) is 5.75 Å². The topological polar surface area (TPSA) is 44.5 Å². The molecule has 20 heavy (non-hydrogen) atoms. The Morgan fingerprint density at radius 3 is 2.65 bits per heavy atom. The van der Waals surface area contributed by atoms with Gasteiger partial charge in [-0.1, -0.05) is 36.4 Å². The molecular weight excluding hydrogens is 250 g/mol. The normalized spacial score (nSPS) is 18.1. The van der Waals surface area contributed by atoms with Gasteiger partial charge in [-0.25, -0.2) is 0 Å². The Balaban J connectivity index is 2.02. The lowest BCUT2D eigenvalue weighted by molar-refractivity contribution is 0.0257. The number of ether oxygens (including phenoxy) is 2. The molecule has 1 atom stereocenters. The van der Waals surface area contributed by atoms with E-state index in [4.69, 9.17) is 15.2 Å². The van der Waals surface area contributed by atoms with E-state index >= 15 is 0 Å². The Kier molecular flexibility index (Phi) is 3.90. The largest absolute Gasteiger partial charge is 0.489 e. The molecule has 1 heterocycles. The molecule has 0 bridgehead atoms. The molecule has 3 rings (SSSR count). The van der Waals surface area contributed by atoms with Crippen molar-refractivity contribution in [3.63, 3.8) is 0 Å². The first kappa shape index (κ1) is 13.4. The van der Waals surface area contributed by atoms with Crippen LogP contribution in [0, 0.1) is 0 Å². The van der Waals surface area contributed by atoms with Gasteiger partial charge in [-0.05, 0) is 12.3 Å². The summed E-state index contributed by atoms with van der Waals surface area (Å²) in [6, 6.07) is 12.5. The van der Waals surface area contributed by atoms with Gasteiger partial charge in [0.1, 0.15) is 11.9 Å². The summed E-state index contributed by atoms with van der Waals surface area (Å²) < 4.78 is 11.7. The highest BCUT2D eigenvalue weighted by molar-refractivity contribution is 5.89. The second-order valence-electron chi connectivity index (χ2n) is 5.42. The van der Waals surface area contributed by atoms with Crippen LogP contribution >= 0.6 is 0 Å². The number of nitrogens with two attached hydrogens (primary N) is 1. The van der Waals surface area contributed by atoms with Crippen LogP contribution in [0.4, 0.5) is 0 Å². The van der Waals surface area contributed by atoms with Crippen molar-refractivity contribution in [1.29, 1.82) is 0 Å². The maximum absolute atomic E-state index is 6.30. The van der Waals surface area contributed by atoms with Gasteiger partial charge in [0, 0.05) is 29.8 Å². The maximum atomic E-state index is 6.30. The van der Waals surface area contributed by atoms with Crippen LogP contribution in [0.2, 0.25) is 0 Å². The lowest BCUT2D eigenvalue weighted by Crippen LogP contribution is -2.26. The Labute approximate surface area is 119 Å². The highest BCUT2D eigenvalue weighted by atomic mass is 16.5. The highest BCUT2D eigenvalue weighted by Gasteiger charge is 2.19. The number of fused-ring (bicyclic) bond motifs is 1. The summed E-state index contributed by atoms with van der Waals surface area (Å²) in [7, 11) is 0. The zero-order chi connectivity index (χ0) is 13.9. The molecule has 0 aliphatic carbocycles. The Morgan fingerprint density at radius 1 is 1.15 bits per heavy atom. The summed E-state index contributed by atoms with van der Waals surface area (Å²) >= 11 is 0. The summed E-state index contributed by atoms with van der Waals surface area (Å²) in [5.41, 5.74) is 7.18. The third-order valence-electron chi connectivity index (χ3n) is 3.85. The number of hydrogen-bond acceptors (Lipinski definition) is 3. The van der Waals surface area contributed by atoms with Crippen molar-refractivity contribution in [3.05, 3.63) is 42.0 Å². The van der Waals surface area contributed by atoms with E-state index < -0.39 is 0 Å². The fourth-order valence-electron chi connectivity index (χ4n) is 2.71. The summed E-state index contributed by atoms with van der Waals surface area (Å²) in [5.74, 6) is 0.949. The van der Waals surface area contributed by atoms with Crippen molar-refractivity contribution in [2.45, 2.75) is 31.9 Å². The average Bonchev–Trinajstić information content (AvgIpc) is 2.48. The smallest absolute Gasteiger partial charge is 0.132 e. The third-order valence-corrected chi connectivity index (χ3v) is 3.85. The third kappa shape index (κ3) is 2.65. The molecule has 1 fully saturated rings. The van der Waals surface area contributed by atoms with Gasteiger partial charge in [-0.3, -0.25) is 0 Å². The standard InChI is InChI=1S/C17H21NO2/c1-12(18)15-7-6-13-4-2-3-5-16(13)17(15)20-14-8-10-19-11-9-14/h2-7,12,14H,8-11,18H2,1H3/t12-/m0/s1. The van der Waals surface area contributed by atoms with Gasteiger partial charge in [0.25, 0.3) is 0 Å². The van der Waals surface area contributed by atoms with Crippen LogP contribution in [-0.4, -0.2) is 19.3 Å². The summed E-state index contributed by atoms with van der Waals surface area (Å²) in [6.07, 6.45) is 2.12. The molecule has 106 valence electrons. The molecular formula is C17H21NO2. The zero-order valence-electron chi connectivity index (χ0n) is 11.8. The first-order chi connectivity index (χ1) is 9.75. The van der Waals surface area contributed by atoms with Crippen LogP contribution in [0.1, 0.15) is 31.4 Å². The van der Waals surface area contributed by atoms with E-state index in [1.165, 1.54) is 5.39 Å². The van der Waals surface area contributed by atoms with Gasteiger partial charge in [-0.15, -0.1) is 0 Å². The van der Waals surface area contributed by atoms with Gasteiger partial charge < -0.3 is 15.2 Å². The Bertz CT molecular complexity index is 589. The lowest BCUT2D eigenvalue weighted by atomic mass is 10.0. The minimum Gasteiger partial charge on any atom is -0.489 e. The van der Waals surface area contributed by atoms with Crippen molar-refractivity contribution in [1.82, 2.24) is 0 Å². The van der Waals surface area contributed by atoms with Crippen molar-refractivity contribution < 1.29 is 9.47 Å². The molecule has 2 aromatic carbocycles. The molecule has 0 spiro atoms. The first-order valence-corrected chi connectivity index (χ1v) is 7.27. The van der Waals surface area contributed by atoms with Crippen LogP contribution in [0.15, 0.2) is 36.4 Å². The molecule has 1 aliphatic heterocycles. The molecule has 0 saturated carbocycles. The average molecular weight is 271 g/mol. The number of hydrogen-bond donors (Lipinski definition) is 1. The summed E-state index contributed by atoms with van der Waals surface area (Å²) in [4.78, 5) is 0. The minimum atomic E-state index is -0.0329. The highest BCUT2D eigenvalue weighted by Crippen LogP contribution is 2.34. The lowest BCUT2D eigenvalue weighted by Gasteiger charge is -2.26. The van der Waals surface area contributed by atoms with E-state index in [0.29, 0.717) is 0 Å². The van der Waals surface area contributed by atoms with Crippen LogP contribution in [-0.2, 0) is 4.74 Å². The second kappa shape index (κ2) is 5.81. The molecule has 3 heteroatoms. The molecule has 0 radical (unpaired) electrons. The van der Waals surface area contributed by atoms with Gasteiger partial charge in [0.15, 0.2) is 0 Å². The van der Waals surface area contributed by atoms with Gasteiger partial charge in [-0.2, -0.15) is 0 Å². The van der Waals surface area contributed by atoms with Crippen LogP contribution in [0.3, 0.4) is 0 Å². The van der Waals surface area contributed by atoms with Crippen LogP contribution in [0.5, 0.6) is 5.75 Å². The van der Waals surface area contributed by atoms with Crippen LogP contribution < -0.4 is 10.5 Å². The van der Waals surface area contributed by atoms with Crippen LogP contribution in [0.25, 0.3) is 10.8 Å². The Morgan fingerprint density at radius 2 is 1.90 bits per heavy atom. The van der Waals surface area contributed by atoms with E-state index in [1.54, 1.807) is 0 Å². The second-order valence-corrected chi connectivity index (χ2v) is 5.42. The fraction of sp³-hybridized carbons (Fsp3) is 0.412. The zero-order valence-corrected chi connectivity index (χ0v) is 11.8. The quantitative estimate of drug-likeness (QED) is 0.930. The molecule has 3 nitrogen and oxygen atoms in total. The van der Waals surface area contributed by atoms with E-state index in [-0.39, 0.29) is 12.1 Å².